The molecule has 0 bridgehead atoms. The fourth-order valence-corrected chi connectivity index (χ4v) is 6.44. The molecule has 2 aliphatic carbocycles. The molecule has 28 heavy (non-hydrogen) atoms. The van der Waals surface area contributed by atoms with Crippen molar-refractivity contribution in [1.29, 1.82) is 0 Å². The van der Waals surface area contributed by atoms with E-state index in [4.69, 9.17) is 10.7 Å². The molecule has 2 aliphatic heterocycles. The third kappa shape index (κ3) is 4.24. The van der Waals surface area contributed by atoms with E-state index in [2.05, 4.69) is 4.90 Å². The van der Waals surface area contributed by atoms with E-state index in [1.54, 1.807) is 11.9 Å². The molecule has 2 heterocycles. The minimum absolute atomic E-state index is 0.157. The first-order chi connectivity index (χ1) is 13.6. The molecule has 0 radical (unpaired) electrons. The Morgan fingerprint density at radius 2 is 1.71 bits per heavy atom. The normalized spacial score (nSPS) is 35.5. The number of likely N-dealkylation sites (tertiary alicyclic amines) is 1. The van der Waals surface area contributed by atoms with E-state index in [1.807, 2.05) is 0 Å². The molecule has 158 valence electrons. The molecule has 3 atom stereocenters. The molecule has 4 aliphatic rings. The highest BCUT2D eigenvalue weighted by molar-refractivity contribution is 6.06. The van der Waals surface area contributed by atoms with E-state index in [1.165, 1.54) is 83.7 Å². The number of rotatable bonds is 6. The second-order valence-electron chi connectivity index (χ2n) is 10.0. The van der Waals surface area contributed by atoms with Crippen LogP contribution in [0.5, 0.6) is 0 Å². The molecule has 1 saturated heterocycles. The van der Waals surface area contributed by atoms with Crippen LogP contribution >= 0.6 is 0 Å². The van der Waals surface area contributed by atoms with Crippen LogP contribution in [0.4, 0.5) is 0 Å². The first kappa shape index (κ1) is 20.2. The molecule has 4 rings (SSSR count). The van der Waals surface area contributed by atoms with Crippen molar-refractivity contribution < 1.29 is 4.79 Å². The van der Waals surface area contributed by atoms with Crippen molar-refractivity contribution in [2.75, 3.05) is 20.1 Å². The highest BCUT2D eigenvalue weighted by atomic mass is 16.2. The van der Waals surface area contributed by atoms with E-state index in [0.29, 0.717) is 11.9 Å². The molecule has 2 saturated carbocycles. The van der Waals surface area contributed by atoms with Crippen LogP contribution in [-0.2, 0) is 4.79 Å². The number of carbonyl (C=O) groups is 1. The van der Waals surface area contributed by atoms with E-state index in [0.717, 1.165) is 31.2 Å². The van der Waals surface area contributed by atoms with Gasteiger partial charge in [-0.2, -0.15) is 0 Å². The lowest BCUT2D eigenvalue weighted by Crippen LogP contribution is -2.45. The highest BCUT2D eigenvalue weighted by Gasteiger charge is 2.48. The Balaban J connectivity index is 1.43. The number of likely N-dealkylation sites (N-methyl/N-ethyl adjacent to an activating group) is 1. The number of nitrogens with zero attached hydrogens (tertiary/aromatic N) is 3. The van der Waals surface area contributed by atoms with Gasteiger partial charge in [-0.25, -0.2) is 4.99 Å². The minimum atomic E-state index is -0.576. The van der Waals surface area contributed by atoms with Crippen molar-refractivity contribution in [2.45, 2.75) is 101 Å². The average Bonchev–Trinajstić information content (AvgIpc) is 3.32. The van der Waals surface area contributed by atoms with Gasteiger partial charge in [0.25, 0.3) is 5.91 Å². The lowest BCUT2D eigenvalue weighted by Gasteiger charge is -2.38. The zero-order chi connectivity index (χ0) is 19.6. The molecule has 2 N–H and O–H groups in total. The standard InChI is InChI=1S/C23H40N4O/c1-26-21(28)23(25-22(26)24,13-12-18-8-3-2-4-9-18)17-19-10-7-11-20(16-19)27-14-5-6-15-27/h18-20H,2-17H2,1H3,(H2,24,25)/t19-,20-,23-/m1/s1. The lowest BCUT2D eigenvalue weighted by molar-refractivity contribution is -0.131. The van der Waals surface area contributed by atoms with Gasteiger partial charge >= 0.3 is 0 Å². The smallest absolute Gasteiger partial charge is 0.257 e. The number of hydrogen-bond acceptors (Lipinski definition) is 4. The fourth-order valence-electron chi connectivity index (χ4n) is 6.44. The maximum atomic E-state index is 13.2. The van der Waals surface area contributed by atoms with Crippen LogP contribution in [0.1, 0.15) is 89.9 Å². The van der Waals surface area contributed by atoms with Gasteiger partial charge in [-0.05, 0) is 69.9 Å². The average molecular weight is 389 g/mol. The molecule has 0 aromatic rings. The summed E-state index contributed by atoms with van der Waals surface area (Å²) in [5.74, 6) is 1.98. The summed E-state index contributed by atoms with van der Waals surface area (Å²) in [6.45, 7) is 2.55. The number of guanidine groups is 1. The Bertz CT molecular complexity index is 579. The first-order valence-corrected chi connectivity index (χ1v) is 11.9. The van der Waals surface area contributed by atoms with Crippen molar-refractivity contribution in [3.8, 4) is 0 Å². The molecule has 0 unspecified atom stereocenters. The van der Waals surface area contributed by atoms with Gasteiger partial charge in [0, 0.05) is 13.1 Å². The van der Waals surface area contributed by atoms with E-state index in [-0.39, 0.29) is 5.91 Å². The zero-order valence-corrected chi connectivity index (χ0v) is 17.9. The number of nitrogens with two attached hydrogens (primary N) is 1. The number of carbonyl (C=O) groups excluding carboxylic acids is 1. The summed E-state index contributed by atoms with van der Waals surface area (Å²) in [5, 5.41) is 0. The predicted molar refractivity (Wildman–Crippen MR) is 114 cm³/mol. The van der Waals surface area contributed by atoms with Crippen molar-refractivity contribution in [3.05, 3.63) is 0 Å². The Morgan fingerprint density at radius 1 is 1.00 bits per heavy atom. The maximum absolute atomic E-state index is 13.2. The van der Waals surface area contributed by atoms with Crippen LogP contribution < -0.4 is 5.73 Å². The fraction of sp³-hybridized carbons (Fsp3) is 0.913. The Morgan fingerprint density at radius 3 is 2.39 bits per heavy atom. The highest BCUT2D eigenvalue weighted by Crippen LogP contribution is 2.41. The minimum Gasteiger partial charge on any atom is -0.369 e. The van der Waals surface area contributed by atoms with Crippen LogP contribution in [0.3, 0.4) is 0 Å². The first-order valence-electron chi connectivity index (χ1n) is 11.9. The summed E-state index contributed by atoms with van der Waals surface area (Å²) in [5.41, 5.74) is 5.56. The van der Waals surface area contributed by atoms with Crippen LogP contribution in [0.15, 0.2) is 4.99 Å². The second-order valence-corrected chi connectivity index (χ2v) is 10.0. The number of aliphatic imine (C=N–C) groups is 1. The zero-order valence-electron chi connectivity index (χ0n) is 17.9. The van der Waals surface area contributed by atoms with Gasteiger partial charge in [0.05, 0.1) is 0 Å². The SMILES string of the molecule is CN1C(=O)[C@@](CCC2CCCCC2)(C[C@@H]2CCC[C@@H](N3CCCC3)C2)N=C1N. The summed E-state index contributed by atoms with van der Waals surface area (Å²) in [6.07, 6.45) is 17.6. The third-order valence-corrected chi connectivity index (χ3v) is 8.10. The summed E-state index contributed by atoms with van der Waals surface area (Å²) in [4.78, 5) is 22.4. The number of hydrogen-bond donors (Lipinski definition) is 1. The molecule has 0 aromatic carbocycles. The van der Waals surface area contributed by atoms with E-state index < -0.39 is 5.54 Å². The van der Waals surface area contributed by atoms with Crippen molar-refractivity contribution >= 4 is 11.9 Å². The van der Waals surface area contributed by atoms with Gasteiger partial charge in [-0.15, -0.1) is 0 Å². The summed E-state index contributed by atoms with van der Waals surface area (Å²) >= 11 is 0. The van der Waals surface area contributed by atoms with Gasteiger partial charge in [0.1, 0.15) is 5.54 Å². The molecule has 5 nitrogen and oxygen atoms in total. The van der Waals surface area contributed by atoms with Crippen LogP contribution in [-0.4, -0.2) is 53.4 Å². The topological polar surface area (TPSA) is 61.9 Å². The van der Waals surface area contributed by atoms with Gasteiger partial charge < -0.3 is 10.6 Å². The van der Waals surface area contributed by atoms with E-state index in [9.17, 15) is 4.79 Å². The summed E-state index contributed by atoms with van der Waals surface area (Å²) in [6, 6.07) is 0.729. The van der Waals surface area contributed by atoms with Crippen LogP contribution in [0, 0.1) is 11.8 Å². The second kappa shape index (κ2) is 8.73. The molecular formula is C23H40N4O. The van der Waals surface area contributed by atoms with E-state index >= 15 is 0 Å². The van der Waals surface area contributed by atoms with Crippen LogP contribution in [0.2, 0.25) is 0 Å². The maximum Gasteiger partial charge on any atom is 0.257 e. The van der Waals surface area contributed by atoms with Gasteiger partial charge in [-0.3, -0.25) is 9.69 Å². The van der Waals surface area contributed by atoms with Gasteiger partial charge in [0.15, 0.2) is 5.96 Å². The van der Waals surface area contributed by atoms with Crippen LogP contribution in [0.25, 0.3) is 0 Å². The molecule has 0 spiro atoms. The molecule has 5 heteroatoms. The monoisotopic (exact) mass is 388 g/mol. The summed E-state index contributed by atoms with van der Waals surface area (Å²) < 4.78 is 0. The predicted octanol–water partition coefficient (Wildman–Crippen LogP) is 3.92. The molecular weight excluding hydrogens is 348 g/mol. The molecule has 1 amide bonds. The Labute approximate surface area is 171 Å². The quantitative estimate of drug-likeness (QED) is 0.750. The Kier molecular flexibility index (Phi) is 6.29. The Hall–Kier alpha value is -1.10. The lowest BCUT2D eigenvalue weighted by atomic mass is 9.74. The largest absolute Gasteiger partial charge is 0.369 e. The molecule has 0 aromatic heterocycles. The third-order valence-electron chi connectivity index (χ3n) is 8.10. The van der Waals surface area contributed by atoms with Crippen molar-refractivity contribution in [3.63, 3.8) is 0 Å². The van der Waals surface area contributed by atoms with Gasteiger partial charge in [-0.1, -0.05) is 44.9 Å². The van der Waals surface area contributed by atoms with Crippen molar-refractivity contribution in [1.82, 2.24) is 9.80 Å². The van der Waals surface area contributed by atoms with Gasteiger partial charge in [0.2, 0.25) is 0 Å². The number of amides is 1. The van der Waals surface area contributed by atoms with Crippen molar-refractivity contribution in [2.24, 2.45) is 22.6 Å². The summed E-state index contributed by atoms with van der Waals surface area (Å²) in [7, 11) is 1.80. The molecule has 3 fully saturated rings.